The van der Waals surface area contributed by atoms with E-state index in [1.165, 1.54) is 0 Å². The van der Waals surface area contributed by atoms with Crippen molar-refractivity contribution in [2.45, 2.75) is 25.8 Å². The first-order chi connectivity index (χ1) is 11.6. The molecule has 0 saturated carbocycles. The molecule has 1 fully saturated rings. The zero-order chi connectivity index (χ0) is 17.1. The number of likely N-dealkylation sites (tertiary alicyclic amines) is 1. The summed E-state index contributed by atoms with van der Waals surface area (Å²) in [4.78, 5) is 18.3. The van der Waals surface area contributed by atoms with Gasteiger partial charge < -0.3 is 5.11 Å². The SMILES string of the molecule is Cc1ccc(C(c2ccccc2Br)N2CCCC(C(=O)O)C2)nc1. The second-order valence-corrected chi connectivity index (χ2v) is 7.21. The molecule has 0 amide bonds. The molecule has 2 heterocycles. The lowest BCUT2D eigenvalue weighted by Crippen LogP contribution is -2.41. The number of aliphatic carboxylic acids is 1. The molecule has 1 N–H and O–H groups in total. The third-order valence-corrected chi connectivity index (χ3v) is 5.30. The number of aromatic nitrogens is 1. The lowest BCUT2D eigenvalue weighted by molar-refractivity contribution is -0.143. The van der Waals surface area contributed by atoms with Gasteiger partial charge in [-0.15, -0.1) is 0 Å². The smallest absolute Gasteiger partial charge is 0.307 e. The fourth-order valence-corrected chi connectivity index (χ4v) is 3.83. The van der Waals surface area contributed by atoms with Crippen LogP contribution in [0, 0.1) is 12.8 Å². The third kappa shape index (κ3) is 3.68. The molecule has 1 aliphatic heterocycles. The molecule has 1 aromatic heterocycles. The van der Waals surface area contributed by atoms with Gasteiger partial charge in [0.2, 0.25) is 0 Å². The highest BCUT2D eigenvalue weighted by molar-refractivity contribution is 9.10. The summed E-state index contributed by atoms with van der Waals surface area (Å²) in [7, 11) is 0. The molecule has 5 heteroatoms. The van der Waals surface area contributed by atoms with Gasteiger partial charge in [0.15, 0.2) is 0 Å². The average molecular weight is 389 g/mol. The van der Waals surface area contributed by atoms with Crippen LogP contribution in [0.25, 0.3) is 0 Å². The maximum atomic E-state index is 11.5. The van der Waals surface area contributed by atoms with Crippen LogP contribution >= 0.6 is 15.9 Å². The number of aryl methyl sites for hydroxylation is 1. The monoisotopic (exact) mass is 388 g/mol. The normalized spacial score (nSPS) is 19.8. The van der Waals surface area contributed by atoms with Crippen molar-refractivity contribution in [1.82, 2.24) is 9.88 Å². The molecule has 0 spiro atoms. The van der Waals surface area contributed by atoms with Gasteiger partial charge in [-0.1, -0.05) is 40.2 Å². The molecular formula is C19H21BrN2O2. The van der Waals surface area contributed by atoms with Crippen LogP contribution in [0.1, 0.15) is 35.7 Å². The maximum Gasteiger partial charge on any atom is 0.307 e. The number of hydrogen-bond donors (Lipinski definition) is 1. The maximum absolute atomic E-state index is 11.5. The van der Waals surface area contributed by atoms with Crippen molar-refractivity contribution < 1.29 is 9.90 Å². The van der Waals surface area contributed by atoms with E-state index in [4.69, 9.17) is 0 Å². The van der Waals surface area contributed by atoms with Crippen LogP contribution < -0.4 is 0 Å². The van der Waals surface area contributed by atoms with E-state index >= 15 is 0 Å². The number of rotatable bonds is 4. The van der Waals surface area contributed by atoms with E-state index in [-0.39, 0.29) is 12.0 Å². The highest BCUT2D eigenvalue weighted by Crippen LogP contribution is 2.35. The number of hydrogen-bond acceptors (Lipinski definition) is 3. The Bertz CT molecular complexity index is 718. The quantitative estimate of drug-likeness (QED) is 0.858. The van der Waals surface area contributed by atoms with Gasteiger partial charge in [0.25, 0.3) is 0 Å². The minimum absolute atomic E-state index is 0.0386. The number of nitrogens with zero attached hydrogens (tertiary/aromatic N) is 2. The van der Waals surface area contributed by atoms with Crippen molar-refractivity contribution in [2.75, 3.05) is 13.1 Å². The van der Waals surface area contributed by atoms with E-state index in [2.05, 4.69) is 37.9 Å². The van der Waals surface area contributed by atoms with Crippen molar-refractivity contribution in [3.63, 3.8) is 0 Å². The summed E-state index contributed by atoms with van der Waals surface area (Å²) >= 11 is 3.65. The van der Waals surface area contributed by atoms with Gasteiger partial charge in [-0.05, 0) is 49.6 Å². The van der Waals surface area contributed by atoms with Gasteiger partial charge in [-0.3, -0.25) is 14.7 Å². The van der Waals surface area contributed by atoms with Crippen LogP contribution in [-0.4, -0.2) is 34.0 Å². The number of halogens is 1. The standard InChI is InChI=1S/C19H21BrN2O2/c1-13-8-9-17(21-11-13)18(15-6-2-3-7-16(15)20)22-10-4-5-14(12-22)19(23)24/h2-3,6-9,11,14,18H,4-5,10,12H2,1H3,(H,23,24). The van der Waals surface area contributed by atoms with E-state index in [9.17, 15) is 9.90 Å². The fraction of sp³-hybridized carbons (Fsp3) is 0.368. The molecule has 0 bridgehead atoms. The molecule has 2 unspecified atom stereocenters. The molecule has 24 heavy (non-hydrogen) atoms. The van der Waals surface area contributed by atoms with Crippen LogP contribution in [0.3, 0.4) is 0 Å². The first-order valence-electron chi connectivity index (χ1n) is 8.20. The minimum atomic E-state index is -0.706. The number of carboxylic acids is 1. The Balaban J connectivity index is 2.00. The van der Waals surface area contributed by atoms with Crippen LogP contribution in [0.5, 0.6) is 0 Å². The molecule has 0 radical (unpaired) electrons. The number of piperidine rings is 1. The largest absolute Gasteiger partial charge is 0.481 e. The van der Waals surface area contributed by atoms with Gasteiger partial charge in [0.1, 0.15) is 0 Å². The molecule has 126 valence electrons. The Labute approximate surface area is 150 Å². The minimum Gasteiger partial charge on any atom is -0.481 e. The zero-order valence-electron chi connectivity index (χ0n) is 13.7. The van der Waals surface area contributed by atoms with Crippen molar-refractivity contribution in [1.29, 1.82) is 0 Å². The molecule has 2 atom stereocenters. The Kier molecular flexibility index (Phi) is 5.31. The highest BCUT2D eigenvalue weighted by atomic mass is 79.9. The van der Waals surface area contributed by atoms with E-state index in [0.717, 1.165) is 40.7 Å². The molecular weight excluding hydrogens is 368 g/mol. The Morgan fingerprint density at radius 3 is 2.79 bits per heavy atom. The first kappa shape index (κ1) is 17.1. The summed E-state index contributed by atoms with van der Waals surface area (Å²) in [5.74, 6) is -1.02. The molecule has 1 saturated heterocycles. The lowest BCUT2D eigenvalue weighted by Gasteiger charge is -2.37. The fourth-order valence-electron chi connectivity index (χ4n) is 3.32. The van der Waals surface area contributed by atoms with Crippen LogP contribution in [0.15, 0.2) is 47.1 Å². The molecule has 1 aromatic carbocycles. The number of benzene rings is 1. The Morgan fingerprint density at radius 1 is 1.33 bits per heavy atom. The van der Waals surface area contributed by atoms with Gasteiger partial charge in [0, 0.05) is 17.2 Å². The number of pyridine rings is 1. The van der Waals surface area contributed by atoms with Crippen molar-refractivity contribution in [2.24, 2.45) is 5.92 Å². The van der Waals surface area contributed by atoms with Gasteiger partial charge >= 0.3 is 5.97 Å². The summed E-state index contributed by atoms with van der Waals surface area (Å²) < 4.78 is 1.02. The molecule has 4 nitrogen and oxygen atoms in total. The van der Waals surface area contributed by atoms with Crippen LogP contribution in [0.4, 0.5) is 0 Å². The second kappa shape index (κ2) is 7.45. The predicted molar refractivity (Wildman–Crippen MR) is 96.9 cm³/mol. The number of carboxylic acid groups (broad SMARTS) is 1. The summed E-state index contributed by atoms with van der Waals surface area (Å²) in [6.45, 7) is 3.45. The molecule has 1 aliphatic rings. The second-order valence-electron chi connectivity index (χ2n) is 6.36. The molecule has 2 aromatic rings. The summed E-state index contributed by atoms with van der Waals surface area (Å²) in [5.41, 5.74) is 3.20. The third-order valence-electron chi connectivity index (χ3n) is 4.58. The molecule has 0 aliphatic carbocycles. The van der Waals surface area contributed by atoms with Gasteiger partial charge in [-0.2, -0.15) is 0 Å². The topological polar surface area (TPSA) is 53.4 Å². The Hall–Kier alpha value is -1.72. The van der Waals surface area contributed by atoms with E-state index in [1.54, 1.807) is 0 Å². The van der Waals surface area contributed by atoms with Crippen LogP contribution in [0.2, 0.25) is 0 Å². The summed E-state index contributed by atoms with van der Waals surface area (Å²) in [5, 5.41) is 9.42. The van der Waals surface area contributed by atoms with Gasteiger partial charge in [0.05, 0.1) is 17.7 Å². The van der Waals surface area contributed by atoms with E-state index < -0.39 is 5.97 Å². The van der Waals surface area contributed by atoms with Crippen molar-refractivity contribution in [3.8, 4) is 0 Å². The zero-order valence-corrected chi connectivity index (χ0v) is 15.2. The van der Waals surface area contributed by atoms with E-state index in [0.29, 0.717) is 6.54 Å². The predicted octanol–water partition coefficient (Wildman–Crippen LogP) is 4.04. The average Bonchev–Trinajstić information content (AvgIpc) is 2.59. The lowest BCUT2D eigenvalue weighted by atomic mass is 9.93. The summed E-state index contributed by atoms with van der Waals surface area (Å²) in [6, 6.07) is 12.2. The van der Waals surface area contributed by atoms with Gasteiger partial charge in [-0.25, -0.2) is 0 Å². The highest BCUT2D eigenvalue weighted by Gasteiger charge is 2.32. The summed E-state index contributed by atoms with van der Waals surface area (Å²) in [6.07, 6.45) is 3.51. The van der Waals surface area contributed by atoms with E-state index in [1.807, 2.05) is 37.4 Å². The molecule has 3 rings (SSSR count). The number of carbonyl (C=O) groups is 1. The first-order valence-corrected chi connectivity index (χ1v) is 8.99. The van der Waals surface area contributed by atoms with Crippen molar-refractivity contribution >= 4 is 21.9 Å². The van der Waals surface area contributed by atoms with Crippen LogP contribution in [-0.2, 0) is 4.79 Å². The van der Waals surface area contributed by atoms with Crippen molar-refractivity contribution in [3.05, 3.63) is 63.9 Å². The Morgan fingerprint density at radius 2 is 2.12 bits per heavy atom.